The number of nitrogens with one attached hydrogen (secondary N) is 1. The summed E-state index contributed by atoms with van der Waals surface area (Å²) in [5.74, 6) is -1.70. The zero-order valence-corrected chi connectivity index (χ0v) is 10.3. The molecule has 0 aliphatic rings. The number of anilines is 1. The van der Waals surface area contributed by atoms with E-state index in [0.717, 1.165) is 17.3 Å². The first-order valence-corrected chi connectivity index (χ1v) is 6.11. The first kappa shape index (κ1) is 12.0. The highest BCUT2D eigenvalue weighted by atomic mass is 32.1. The number of nitrogens with zero attached hydrogens (tertiary/aromatic N) is 1. The minimum Gasteiger partial charge on any atom is -0.359 e. The highest BCUT2D eigenvalue weighted by Crippen LogP contribution is 2.26. The first-order valence-electron chi connectivity index (χ1n) is 5.24. The molecular weight excluding hydrogens is 242 g/mol. The van der Waals surface area contributed by atoms with Crippen molar-refractivity contribution in [3.63, 3.8) is 0 Å². The van der Waals surface area contributed by atoms with Gasteiger partial charge in [-0.3, -0.25) is 0 Å². The summed E-state index contributed by atoms with van der Waals surface area (Å²) < 4.78 is 25.9. The van der Waals surface area contributed by atoms with Gasteiger partial charge in [0.25, 0.3) is 0 Å². The minimum atomic E-state index is -0.853. The SMILES string of the molecule is CC(C)Nc1nc(-c2ccc(F)c(F)c2)cs1. The van der Waals surface area contributed by atoms with E-state index >= 15 is 0 Å². The number of hydrogen-bond donors (Lipinski definition) is 1. The molecule has 17 heavy (non-hydrogen) atoms. The molecule has 0 spiro atoms. The highest BCUT2D eigenvalue weighted by Gasteiger charge is 2.08. The number of thiazole rings is 1. The molecule has 90 valence electrons. The Morgan fingerprint density at radius 3 is 2.65 bits per heavy atom. The van der Waals surface area contributed by atoms with Crippen LogP contribution in [0, 0.1) is 11.6 Å². The van der Waals surface area contributed by atoms with Gasteiger partial charge in [0.2, 0.25) is 0 Å². The van der Waals surface area contributed by atoms with Gasteiger partial charge in [0.05, 0.1) is 5.69 Å². The molecule has 2 aromatic rings. The smallest absolute Gasteiger partial charge is 0.183 e. The number of benzene rings is 1. The van der Waals surface area contributed by atoms with E-state index in [1.54, 1.807) is 0 Å². The Kier molecular flexibility index (Phi) is 3.38. The summed E-state index contributed by atoms with van der Waals surface area (Å²) in [4.78, 5) is 4.31. The van der Waals surface area contributed by atoms with E-state index in [9.17, 15) is 8.78 Å². The maximum atomic E-state index is 13.1. The Balaban J connectivity index is 2.27. The number of rotatable bonds is 3. The van der Waals surface area contributed by atoms with Crippen molar-refractivity contribution in [1.29, 1.82) is 0 Å². The molecule has 0 bridgehead atoms. The second kappa shape index (κ2) is 4.79. The Hall–Kier alpha value is -1.49. The van der Waals surface area contributed by atoms with Gasteiger partial charge in [-0.05, 0) is 32.0 Å². The molecule has 2 rings (SSSR count). The van der Waals surface area contributed by atoms with Gasteiger partial charge in [-0.1, -0.05) is 0 Å². The van der Waals surface area contributed by atoms with Gasteiger partial charge < -0.3 is 5.32 Å². The standard InChI is InChI=1S/C12H12F2N2S/c1-7(2)15-12-16-11(6-17-12)8-3-4-9(13)10(14)5-8/h3-7H,1-2H3,(H,15,16). The molecule has 1 aromatic heterocycles. The summed E-state index contributed by atoms with van der Waals surface area (Å²) in [7, 11) is 0. The summed E-state index contributed by atoms with van der Waals surface area (Å²) >= 11 is 1.44. The molecule has 1 heterocycles. The van der Waals surface area contributed by atoms with Crippen molar-refractivity contribution in [2.45, 2.75) is 19.9 Å². The van der Waals surface area contributed by atoms with Crippen molar-refractivity contribution in [2.24, 2.45) is 0 Å². The Morgan fingerprint density at radius 1 is 1.24 bits per heavy atom. The molecular formula is C12H12F2N2S. The highest BCUT2D eigenvalue weighted by molar-refractivity contribution is 7.14. The van der Waals surface area contributed by atoms with Gasteiger partial charge in [-0.2, -0.15) is 0 Å². The zero-order chi connectivity index (χ0) is 12.4. The maximum absolute atomic E-state index is 13.1. The van der Waals surface area contributed by atoms with E-state index < -0.39 is 11.6 Å². The van der Waals surface area contributed by atoms with Crippen LogP contribution < -0.4 is 5.32 Å². The van der Waals surface area contributed by atoms with E-state index in [4.69, 9.17) is 0 Å². The molecule has 0 amide bonds. The summed E-state index contributed by atoms with van der Waals surface area (Å²) in [6, 6.07) is 4.08. The van der Waals surface area contributed by atoms with Crippen molar-refractivity contribution in [3.8, 4) is 11.3 Å². The minimum absolute atomic E-state index is 0.291. The number of aromatic nitrogens is 1. The summed E-state index contributed by atoms with van der Waals surface area (Å²) in [5.41, 5.74) is 1.23. The van der Waals surface area contributed by atoms with E-state index in [0.29, 0.717) is 17.3 Å². The number of halogens is 2. The first-order chi connectivity index (χ1) is 8.06. The second-order valence-electron chi connectivity index (χ2n) is 3.97. The summed E-state index contributed by atoms with van der Waals surface area (Å²) in [6.45, 7) is 4.03. The molecule has 2 nitrogen and oxygen atoms in total. The van der Waals surface area contributed by atoms with Crippen molar-refractivity contribution in [3.05, 3.63) is 35.2 Å². The topological polar surface area (TPSA) is 24.9 Å². The van der Waals surface area contributed by atoms with Crippen molar-refractivity contribution >= 4 is 16.5 Å². The van der Waals surface area contributed by atoms with E-state index in [2.05, 4.69) is 10.3 Å². The third-order valence-corrected chi connectivity index (χ3v) is 2.91. The molecule has 1 aromatic carbocycles. The fourth-order valence-electron chi connectivity index (χ4n) is 1.38. The maximum Gasteiger partial charge on any atom is 0.183 e. The second-order valence-corrected chi connectivity index (χ2v) is 4.82. The molecule has 0 radical (unpaired) electrons. The fraction of sp³-hybridized carbons (Fsp3) is 0.250. The van der Waals surface area contributed by atoms with Crippen LogP contribution in [0.3, 0.4) is 0 Å². The van der Waals surface area contributed by atoms with Gasteiger partial charge >= 0.3 is 0 Å². The largest absolute Gasteiger partial charge is 0.359 e. The molecule has 0 unspecified atom stereocenters. The third kappa shape index (κ3) is 2.79. The molecule has 0 saturated carbocycles. The molecule has 0 aliphatic heterocycles. The Morgan fingerprint density at radius 2 is 2.00 bits per heavy atom. The molecule has 0 atom stereocenters. The van der Waals surface area contributed by atoms with Crippen molar-refractivity contribution in [1.82, 2.24) is 4.98 Å². The van der Waals surface area contributed by atoms with Gasteiger partial charge in [0.1, 0.15) is 0 Å². The lowest BCUT2D eigenvalue weighted by Crippen LogP contribution is -2.08. The number of hydrogen-bond acceptors (Lipinski definition) is 3. The monoisotopic (exact) mass is 254 g/mol. The molecule has 0 saturated heterocycles. The van der Waals surface area contributed by atoms with E-state index in [-0.39, 0.29) is 0 Å². The van der Waals surface area contributed by atoms with Crippen LogP contribution in [0.2, 0.25) is 0 Å². The van der Waals surface area contributed by atoms with Crippen molar-refractivity contribution in [2.75, 3.05) is 5.32 Å². The molecule has 0 fully saturated rings. The lowest BCUT2D eigenvalue weighted by atomic mass is 10.2. The van der Waals surface area contributed by atoms with E-state index in [1.807, 2.05) is 19.2 Å². The van der Waals surface area contributed by atoms with E-state index in [1.165, 1.54) is 17.4 Å². The van der Waals surface area contributed by atoms with Crippen LogP contribution >= 0.6 is 11.3 Å². The molecule has 5 heteroatoms. The Bertz CT molecular complexity index is 523. The van der Waals surface area contributed by atoms with Gasteiger partial charge in [0.15, 0.2) is 16.8 Å². The lowest BCUT2D eigenvalue weighted by Gasteiger charge is -2.04. The predicted molar refractivity (Wildman–Crippen MR) is 66.2 cm³/mol. The van der Waals surface area contributed by atoms with Crippen LogP contribution in [0.25, 0.3) is 11.3 Å². The zero-order valence-electron chi connectivity index (χ0n) is 9.50. The van der Waals surface area contributed by atoms with Crippen molar-refractivity contribution < 1.29 is 8.78 Å². The summed E-state index contributed by atoms with van der Waals surface area (Å²) in [6.07, 6.45) is 0. The van der Waals surface area contributed by atoms with Crippen LogP contribution in [0.1, 0.15) is 13.8 Å². The predicted octanol–water partition coefficient (Wildman–Crippen LogP) is 3.91. The average Bonchev–Trinajstić information content (AvgIpc) is 2.69. The van der Waals surface area contributed by atoms with Gasteiger partial charge in [-0.15, -0.1) is 11.3 Å². The van der Waals surface area contributed by atoms with Crippen LogP contribution in [0.15, 0.2) is 23.6 Å². The normalized spacial score (nSPS) is 10.9. The Labute approximate surface area is 102 Å². The summed E-state index contributed by atoms with van der Waals surface area (Å²) in [5, 5.41) is 5.75. The fourth-order valence-corrected chi connectivity index (χ4v) is 2.24. The molecule has 0 aliphatic carbocycles. The molecule has 1 N–H and O–H groups in total. The van der Waals surface area contributed by atoms with Crippen LogP contribution in [0.5, 0.6) is 0 Å². The van der Waals surface area contributed by atoms with Gasteiger partial charge in [-0.25, -0.2) is 13.8 Å². The van der Waals surface area contributed by atoms with Gasteiger partial charge in [0, 0.05) is 17.0 Å². The third-order valence-electron chi connectivity index (χ3n) is 2.13. The quantitative estimate of drug-likeness (QED) is 0.898. The average molecular weight is 254 g/mol. The van der Waals surface area contributed by atoms with Crippen LogP contribution in [-0.2, 0) is 0 Å². The van der Waals surface area contributed by atoms with Crippen LogP contribution in [0.4, 0.5) is 13.9 Å². The van der Waals surface area contributed by atoms with Crippen LogP contribution in [-0.4, -0.2) is 11.0 Å². The lowest BCUT2D eigenvalue weighted by molar-refractivity contribution is 0.509.